The van der Waals surface area contributed by atoms with Crippen LogP contribution in [-0.2, 0) is 4.74 Å². The van der Waals surface area contributed by atoms with Gasteiger partial charge < -0.3 is 15.8 Å². The van der Waals surface area contributed by atoms with Gasteiger partial charge in [-0.3, -0.25) is 4.79 Å². The van der Waals surface area contributed by atoms with E-state index >= 15 is 0 Å². The summed E-state index contributed by atoms with van der Waals surface area (Å²) in [5.74, 6) is -0.0701. The highest BCUT2D eigenvalue weighted by atomic mass is 32.1. The van der Waals surface area contributed by atoms with E-state index < -0.39 is 0 Å². The third-order valence-corrected chi connectivity index (χ3v) is 3.14. The minimum atomic E-state index is -0.0701. The number of rotatable bonds is 7. The van der Waals surface area contributed by atoms with Gasteiger partial charge in [0, 0.05) is 20.3 Å². The molecule has 90 valence electrons. The number of hydrogen-bond acceptors (Lipinski definition) is 4. The maximum absolute atomic E-state index is 11.6. The first-order chi connectivity index (χ1) is 7.75. The SMILES string of the molecule is COCCCCCNC(=O)c1sccc1N. The van der Waals surface area contributed by atoms with Crippen LogP contribution in [0.2, 0.25) is 0 Å². The number of methoxy groups -OCH3 is 1. The Hall–Kier alpha value is -1.07. The molecule has 0 saturated heterocycles. The first-order valence-corrected chi connectivity index (χ1v) is 6.23. The number of unbranched alkanes of at least 4 members (excludes halogenated alkanes) is 2. The molecule has 0 spiro atoms. The lowest BCUT2D eigenvalue weighted by Gasteiger charge is -2.04. The van der Waals surface area contributed by atoms with Crippen LogP contribution in [0.1, 0.15) is 28.9 Å². The standard InChI is InChI=1S/C11H18N2O2S/c1-15-7-4-2-3-6-13-11(14)10-9(12)5-8-16-10/h5,8H,2-4,6-7,12H2,1H3,(H,13,14). The number of hydrogen-bond donors (Lipinski definition) is 2. The van der Waals surface area contributed by atoms with Crippen LogP contribution in [0.25, 0.3) is 0 Å². The molecule has 0 aromatic carbocycles. The number of anilines is 1. The van der Waals surface area contributed by atoms with Crippen molar-refractivity contribution in [2.75, 3.05) is 26.0 Å². The smallest absolute Gasteiger partial charge is 0.263 e. The lowest BCUT2D eigenvalue weighted by Crippen LogP contribution is -2.24. The second kappa shape index (κ2) is 7.24. The van der Waals surface area contributed by atoms with Crippen LogP contribution in [0.4, 0.5) is 5.69 Å². The fourth-order valence-electron chi connectivity index (χ4n) is 1.33. The first kappa shape index (κ1) is 13.0. The Morgan fingerprint density at radius 2 is 2.31 bits per heavy atom. The molecule has 0 aliphatic heterocycles. The summed E-state index contributed by atoms with van der Waals surface area (Å²) in [7, 11) is 1.70. The topological polar surface area (TPSA) is 64.3 Å². The molecule has 0 bridgehead atoms. The Kier molecular flexibility index (Phi) is 5.88. The lowest BCUT2D eigenvalue weighted by molar-refractivity contribution is 0.0957. The summed E-state index contributed by atoms with van der Waals surface area (Å²) in [6.07, 6.45) is 3.07. The molecule has 0 aliphatic rings. The average Bonchev–Trinajstić information content (AvgIpc) is 2.69. The molecule has 0 aliphatic carbocycles. The van der Waals surface area contributed by atoms with E-state index in [1.807, 2.05) is 5.38 Å². The van der Waals surface area contributed by atoms with Crippen LogP contribution >= 0.6 is 11.3 Å². The molecule has 1 rings (SSSR count). The third-order valence-electron chi connectivity index (χ3n) is 2.21. The van der Waals surface area contributed by atoms with E-state index in [0.717, 1.165) is 25.9 Å². The largest absolute Gasteiger partial charge is 0.397 e. The average molecular weight is 242 g/mol. The summed E-state index contributed by atoms with van der Waals surface area (Å²) in [5, 5.41) is 4.68. The fraction of sp³-hybridized carbons (Fsp3) is 0.545. The molecule has 0 unspecified atom stereocenters. The summed E-state index contributed by atoms with van der Waals surface area (Å²) in [6, 6.07) is 1.75. The highest BCUT2D eigenvalue weighted by molar-refractivity contribution is 7.12. The number of nitrogens with two attached hydrogens (primary N) is 1. The normalized spacial score (nSPS) is 10.3. The molecule has 1 amide bonds. The molecule has 0 atom stereocenters. The number of ether oxygens (including phenoxy) is 1. The summed E-state index contributed by atoms with van der Waals surface area (Å²) >= 11 is 1.37. The molecule has 0 saturated carbocycles. The fourth-order valence-corrected chi connectivity index (χ4v) is 2.07. The predicted molar refractivity (Wildman–Crippen MR) is 66.8 cm³/mol. The zero-order chi connectivity index (χ0) is 11.8. The Morgan fingerprint density at radius 1 is 1.50 bits per heavy atom. The Labute approximate surface area is 99.8 Å². The zero-order valence-corrected chi connectivity index (χ0v) is 10.3. The number of amides is 1. The quantitative estimate of drug-likeness (QED) is 0.717. The van der Waals surface area contributed by atoms with Crippen molar-refractivity contribution in [3.63, 3.8) is 0 Å². The van der Waals surface area contributed by atoms with Gasteiger partial charge in [-0.05, 0) is 30.7 Å². The van der Waals surface area contributed by atoms with Crippen LogP contribution in [0, 0.1) is 0 Å². The first-order valence-electron chi connectivity index (χ1n) is 5.36. The number of nitrogen functional groups attached to an aromatic ring is 1. The number of thiophene rings is 1. The molecule has 1 aromatic heterocycles. The molecular formula is C11H18N2O2S. The predicted octanol–water partition coefficient (Wildman–Crippen LogP) is 1.88. The lowest BCUT2D eigenvalue weighted by atomic mass is 10.2. The molecular weight excluding hydrogens is 224 g/mol. The van der Waals surface area contributed by atoms with Crippen molar-refractivity contribution in [1.82, 2.24) is 5.32 Å². The summed E-state index contributed by atoms with van der Waals surface area (Å²) in [5.41, 5.74) is 6.20. The van der Waals surface area contributed by atoms with Crippen LogP contribution in [0.3, 0.4) is 0 Å². The van der Waals surface area contributed by atoms with E-state index in [1.54, 1.807) is 13.2 Å². The van der Waals surface area contributed by atoms with Crippen molar-refractivity contribution >= 4 is 22.9 Å². The molecule has 3 N–H and O–H groups in total. The number of carbonyl (C=O) groups excluding carboxylic acids is 1. The Balaban J connectivity index is 2.14. The molecule has 1 heterocycles. The van der Waals surface area contributed by atoms with Gasteiger partial charge in [-0.15, -0.1) is 11.3 Å². The van der Waals surface area contributed by atoms with E-state index in [9.17, 15) is 4.79 Å². The molecule has 0 radical (unpaired) electrons. The van der Waals surface area contributed by atoms with Crippen LogP contribution in [0.15, 0.2) is 11.4 Å². The van der Waals surface area contributed by atoms with Gasteiger partial charge in [0.15, 0.2) is 0 Å². The zero-order valence-electron chi connectivity index (χ0n) is 9.49. The van der Waals surface area contributed by atoms with Gasteiger partial charge in [-0.25, -0.2) is 0 Å². The maximum Gasteiger partial charge on any atom is 0.263 e. The van der Waals surface area contributed by atoms with Gasteiger partial charge in [0.2, 0.25) is 0 Å². The van der Waals surface area contributed by atoms with Crippen molar-refractivity contribution < 1.29 is 9.53 Å². The van der Waals surface area contributed by atoms with Gasteiger partial charge in [-0.2, -0.15) is 0 Å². The second-order valence-corrected chi connectivity index (χ2v) is 4.43. The van der Waals surface area contributed by atoms with Gasteiger partial charge in [0.05, 0.1) is 5.69 Å². The molecule has 0 fully saturated rings. The second-order valence-electron chi connectivity index (χ2n) is 3.51. The molecule has 5 heteroatoms. The van der Waals surface area contributed by atoms with Crippen LogP contribution in [-0.4, -0.2) is 26.2 Å². The van der Waals surface area contributed by atoms with Gasteiger partial charge in [0.1, 0.15) is 4.88 Å². The molecule has 16 heavy (non-hydrogen) atoms. The summed E-state index contributed by atoms with van der Waals surface area (Å²) in [6.45, 7) is 1.48. The molecule has 1 aromatic rings. The van der Waals surface area contributed by atoms with Crippen molar-refractivity contribution in [3.05, 3.63) is 16.3 Å². The van der Waals surface area contributed by atoms with Crippen molar-refractivity contribution in [2.45, 2.75) is 19.3 Å². The Morgan fingerprint density at radius 3 is 2.94 bits per heavy atom. The van der Waals surface area contributed by atoms with Crippen LogP contribution < -0.4 is 11.1 Å². The van der Waals surface area contributed by atoms with E-state index in [0.29, 0.717) is 17.1 Å². The van der Waals surface area contributed by atoms with E-state index in [1.165, 1.54) is 11.3 Å². The minimum absolute atomic E-state index is 0.0701. The highest BCUT2D eigenvalue weighted by Gasteiger charge is 2.09. The van der Waals surface area contributed by atoms with Crippen molar-refractivity contribution in [3.8, 4) is 0 Å². The minimum Gasteiger partial charge on any atom is -0.397 e. The van der Waals surface area contributed by atoms with E-state index in [-0.39, 0.29) is 5.91 Å². The number of carbonyl (C=O) groups is 1. The van der Waals surface area contributed by atoms with Crippen molar-refractivity contribution in [2.24, 2.45) is 0 Å². The van der Waals surface area contributed by atoms with Crippen molar-refractivity contribution in [1.29, 1.82) is 0 Å². The third kappa shape index (κ3) is 4.20. The number of nitrogens with one attached hydrogen (secondary N) is 1. The van der Waals surface area contributed by atoms with Gasteiger partial charge in [-0.1, -0.05) is 0 Å². The highest BCUT2D eigenvalue weighted by Crippen LogP contribution is 2.18. The Bertz CT molecular complexity index is 326. The van der Waals surface area contributed by atoms with Gasteiger partial charge in [0.25, 0.3) is 5.91 Å². The monoisotopic (exact) mass is 242 g/mol. The summed E-state index contributed by atoms with van der Waals surface area (Å²) < 4.78 is 4.94. The van der Waals surface area contributed by atoms with E-state index in [4.69, 9.17) is 10.5 Å². The summed E-state index contributed by atoms with van der Waals surface area (Å²) in [4.78, 5) is 12.2. The van der Waals surface area contributed by atoms with Gasteiger partial charge >= 0.3 is 0 Å². The molecule has 4 nitrogen and oxygen atoms in total. The maximum atomic E-state index is 11.6. The van der Waals surface area contributed by atoms with Crippen LogP contribution in [0.5, 0.6) is 0 Å². The van der Waals surface area contributed by atoms with E-state index in [2.05, 4.69) is 5.32 Å².